The molecule has 0 amide bonds. The van der Waals surface area contributed by atoms with Crippen LogP contribution in [0.25, 0.3) is 0 Å². The summed E-state index contributed by atoms with van der Waals surface area (Å²) in [5.74, 6) is 1.39. The van der Waals surface area contributed by atoms with Crippen molar-refractivity contribution in [3.05, 3.63) is 21.6 Å². The molecule has 21 heavy (non-hydrogen) atoms. The van der Waals surface area contributed by atoms with Crippen LogP contribution in [-0.4, -0.2) is 40.9 Å². The van der Waals surface area contributed by atoms with Crippen LogP contribution in [0, 0.1) is 11.8 Å². The van der Waals surface area contributed by atoms with Gasteiger partial charge in [-0.05, 0) is 31.7 Å². The lowest BCUT2D eigenvalue weighted by molar-refractivity contribution is 0.178. The second-order valence-electron chi connectivity index (χ2n) is 6.59. The largest absolute Gasteiger partial charge is 0.378 e. The number of anilines is 1. The maximum absolute atomic E-state index is 11.8. The van der Waals surface area contributed by atoms with E-state index in [1.165, 1.54) is 11.1 Å². The third-order valence-corrected chi connectivity index (χ3v) is 4.33. The fraction of sp³-hybridized carbons (Fsp3) is 0.733. The fourth-order valence-electron chi connectivity index (χ4n) is 3.22. The molecule has 1 aliphatic heterocycles. The van der Waals surface area contributed by atoms with Crippen molar-refractivity contribution in [2.24, 2.45) is 18.9 Å². The molecule has 1 saturated heterocycles. The summed E-state index contributed by atoms with van der Waals surface area (Å²) < 4.78 is 1.25. The summed E-state index contributed by atoms with van der Waals surface area (Å²) in [5.41, 5.74) is 0.382. The number of nitrogens with zero attached hydrogens (tertiary/aromatic N) is 3. The van der Waals surface area contributed by atoms with Crippen LogP contribution in [0.1, 0.15) is 26.7 Å². The Labute approximate surface area is 131 Å². The van der Waals surface area contributed by atoms with Crippen molar-refractivity contribution in [1.29, 1.82) is 0 Å². The van der Waals surface area contributed by atoms with Gasteiger partial charge in [0.15, 0.2) is 0 Å². The maximum atomic E-state index is 11.8. The summed E-state index contributed by atoms with van der Waals surface area (Å²) in [7, 11) is 3.75. The molecule has 0 saturated carbocycles. The zero-order valence-electron chi connectivity index (χ0n) is 13.3. The highest BCUT2D eigenvalue weighted by molar-refractivity contribution is 6.32. The monoisotopic (exact) mass is 312 g/mol. The van der Waals surface area contributed by atoms with Crippen molar-refractivity contribution in [3.63, 3.8) is 0 Å². The van der Waals surface area contributed by atoms with Crippen molar-refractivity contribution in [3.8, 4) is 0 Å². The third kappa shape index (κ3) is 4.20. The van der Waals surface area contributed by atoms with E-state index in [2.05, 4.69) is 36.2 Å². The molecule has 2 atom stereocenters. The van der Waals surface area contributed by atoms with Crippen molar-refractivity contribution in [1.82, 2.24) is 14.7 Å². The Morgan fingerprint density at radius 1 is 1.43 bits per heavy atom. The van der Waals surface area contributed by atoms with Crippen molar-refractivity contribution in [2.75, 3.05) is 25.5 Å². The predicted octanol–water partition coefficient (Wildman–Crippen LogP) is 2.21. The fourth-order valence-corrected chi connectivity index (χ4v) is 3.44. The number of likely N-dealkylation sites (N-methyl/N-ethyl adjacent to an activating group) is 1. The van der Waals surface area contributed by atoms with E-state index in [0.29, 0.717) is 23.6 Å². The van der Waals surface area contributed by atoms with Gasteiger partial charge in [-0.2, -0.15) is 5.10 Å². The van der Waals surface area contributed by atoms with Crippen LogP contribution >= 0.6 is 11.6 Å². The molecular formula is C15H25ClN4O. The van der Waals surface area contributed by atoms with Crippen LogP contribution in [0.2, 0.25) is 5.02 Å². The summed E-state index contributed by atoms with van der Waals surface area (Å²) >= 11 is 6.13. The average Bonchev–Trinajstić information content (AvgIpc) is 2.38. The van der Waals surface area contributed by atoms with Gasteiger partial charge in [0.1, 0.15) is 5.02 Å². The van der Waals surface area contributed by atoms with Crippen LogP contribution < -0.4 is 10.9 Å². The number of likely N-dealkylation sites (tertiary alicyclic amines) is 1. The second-order valence-corrected chi connectivity index (χ2v) is 6.97. The molecule has 2 heterocycles. The molecule has 2 rings (SSSR count). The Morgan fingerprint density at radius 2 is 2.14 bits per heavy atom. The quantitative estimate of drug-likeness (QED) is 0.926. The molecule has 1 aromatic heterocycles. The van der Waals surface area contributed by atoms with Gasteiger partial charge >= 0.3 is 0 Å². The Bertz CT molecular complexity index is 541. The maximum Gasteiger partial charge on any atom is 0.287 e. The van der Waals surface area contributed by atoms with Crippen LogP contribution in [-0.2, 0) is 7.05 Å². The van der Waals surface area contributed by atoms with E-state index in [1.54, 1.807) is 13.2 Å². The standard InChI is InChI=1S/C15H25ClN4O/c1-10(2)5-11-6-12(9-19(3)8-11)18-13-7-17-20(4)15(21)14(13)16/h7,10-12,18H,5-6,8-9H2,1-4H3. The molecule has 1 aromatic rings. The Hall–Kier alpha value is -1.07. The van der Waals surface area contributed by atoms with Gasteiger partial charge in [0.25, 0.3) is 5.56 Å². The highest BCUT2D eigenvalue weighted by Crippen LogP contribution is 2.26. The summed E-state index contributed by atoms with van der Waals surface area (Å²) in [6, 6.07) is 0.305. The lowest BCUT2D eigenvalue weighted by atomic mass is 9.87. The van der Waals surface area contributed by atoms with Crippen LogP contribution in [0.5, 0.6) is 0 Å². The van der Waals surface area contributed by atoms with Crippen molar-refractivity contribution < 1.29 is 0 Å². The minimum atomic E-state index is -0.260. The third-order valence-electron chi connectivity index (χ3n) is 3.96. The number of halogens is 1. The van der Waals surface area contributed by atoms with Gasteiger partial charge in [-0.25, -0.2) is 4.68 Å². The average molecular weight is 313 g/mol. The number of rotatable bonds is 4. The van der Waals surface area contributed by atoms with Crippen LogP contribution in [0.15, 0.2) is 11.0 Å². The van der Waals surface area contributed by atoms with Gasteiger partial charge in [-0.15, -0.1) is 0 Å². The lowest BCUT2D eigenvalue weighted by Crippen LogP contribution is -2.44. The predicted molar refractivity (Wildman–Crippen MR) is 87.0 cm³/mol. The van der Waals surface area contributed by atoms with E-state index in [9.17, 15) is 4.79 Å². The Kier molecular flexibility index (Phi) is 5.27. The summed E-state index contributed by atoms with van der Waals surface area (Å²) in [5, 5.41) is 7.66. The van der Waals surface area contributed by atoms with E-state index < -0.39 is 0 Å². The molecule has 0 radical (unpaired) electrons. The van der Waals surface area contributed by atoms with Gasteiger partial charge in [-0.3, -0.25) is 4.79 Å². The molecule has 118 valence electrons. The minimum Gasteiger partial charge on any atom is -0.378 e. The molecule has 5 nitrogen and oxygen atoms in total. The Morgan fingerprint density at radius 3 is 2.81 bits per heavy atom. The molecule has 6 heteroatoms. The molecule has 1 fully saturated rings. The Balaban J connectivity index is 2.08. The van der Waals surface area contributed by atoms with Crippen LogP contribution in [0.3, 0.4) is 0 Å². The number of nitrogens with one attached hydrogen (secondary N) is 1. The van der Waals surface area contributed by atoms with Gasteiger partial charge in [0, 0.05) is 26.2 Å². The van der Waals surface area contributed by atoms with Gasteiger partial charge < -0.3 is 10.2 Å². The van der Waals surface area contributed by atoms with Gasteiger partial charge in [0.2, 0.25) is 0 Å². The smallest absolute Gasteiger partial charge is 0.287 e. The minimum absolute atomic E-state index is 0.223. The van der Waals surface area contributed by atoms with Crippen LogP contribution in [0.4, 0.5) is 5.69 Å². The van der Waals surface area contributed by atoms with E-state index in [0.717, 1.165) is 19.5 Å². The number of aromatic nitrogens is 2. The highest BCUT2D eigenvalue weighted by Gasteiger charge is 2.26. The molecule has 0 aromatic carbocycles. The van der Waals surface area contributed by atoms with E-state index in [4.69, 9.17) is 11.6 Å². The molecule has 0 spiro atoms. The number of piperidine rings is 1. The molecule has 2 unspecified atom stereocenters. The summed E-state index contributed by atoms with van der Waals surface area (Å²) in [4.78, 5) is 14.2. The SMILES string of the molecule is CC(C)CC1CC(Nc2cnn(C)c(=O)c2Cl)CN(C)C1. The van der Waals surface area contributed by atoms with Crippen molar-refractivity contribution in [2.45, 2.75) is 32.7 Å². The number of aryl methyl sites for hydroxylation is 1. The zero-order chi connectivity index (χ0) is 15.6. The first-order chi connectivity index (χ1) is 9.86. The first-order valence-corrected chi connectivity index (χ1v) is 7.91. The number of hydrogen-bond acceptors (Lipinski definition) is 4. The molecule has 1 N–H and O–H groups in total. The summed E-state index contributed by atoms with van der Waals surface area (Å²) in [6.07, 6.45) is 3.97. The van der Waals surface area contributed by atoms with Gasteiger partial charge in [-0.1, -0.05) is 25.4 Å². The van der Waals surface area contributed by atoms with Crippen molar-refractivity contribution >= 4 is 17.3 Å². The summed E-state index contributed by atoms with van der Waals surface area (Å²) in [6.45, 7) is 6.62. The normalized spacial score (nSPS) is 23.5. The second kappa shape index (κ2) is 6.79. The van der Waals surface area contributed by atoms with E-state index in [1.807, 2.05) is 0 Å². The topological polar surface area (TPSA) is 50.2 Å². The number of hydrogen-bond donors (Lipinski definition) is 1. The molecular weight excluding hydrogens is 288 g/mol. The molecule has 1 aliphatic rings. The molecule has 0 bridgehead atoms. The molecule has 0 aliphatic carbocycles. The van der Waals surface area contributed by atoms with Gasteiger partial charge in [0.05, 0.1) is 11.9 Å². The zero-order valence-corrected chi connectivity index (χ0v) is 14.0. The highest BCUT2D eigenvalue weighted by atomic mass is 35.5. The first kappa shape index (κ1) is 16.3. The first-order valence-electron chi connectivity index (χ1n) is 7.53. The van der Waals surface area contributed by atoms with E-state index in [-0.39, 0.29) is 10.6 Å². The lowest BCUT2D eigenvalue weighted by Gasteiger charge is -2.37. The van der Waals surface area contributed by atoms with E-state index >= 15 is 0 Å².